The number of ether oxygens (including phenoxy) is 2. The van der Waals surface area contributed by atoms with Crippen molar-refractivity contribution in [3.05, 3.63) is 54.1 Å². The molecule has 2 heterocycles. The molecule has 0 radical (unpaired) electrons. The predicted molar refractivity (Wildman–Crippen MR) is 138 cm³/mol. The van der Waals surface area contributed by atoms with E-state index in [2.05, 4.69) is 10.0 Å². The number of rotatable bonds is 10. The van der Waals surface area contributed by atoms with Gasteiger partial charge in [0.2, 0.25) is 20.0 Å². The highest BCUT2D eigenvalue weighted by atomic mass is 32.2. The Morgan fingerprint density at radius 2 is 1.81 bits per heavy atom. The van der Waals surface area contributed by atoms with Crippen LogP contribution in [-0.2, 0) is 24.8 Å². The summed E-state index contributed by atoms with van der Waals surface area (Å²) in [6, 6.07) is 13.1. The number of piperidine rings is 1. The average Bonchev–Trinajstić information content (AvgIpc) is 3.28. The molecule has 2 fully saturated rings. The van der Waals surface area contributed by atoms with Crippen molar-refractivity contribution < 1.29 is 31.4 Å². The van der Waals surface area contributed by atoms with Crippen LogP contribution < -0.4 is 14.8 Å². The van der Waals surface area contributed by atoms with Gasteiger partial charge in [-0.1, -0.05) is 18.2 Å². The van der Waals surface area contributed by atoms with Gasteiger partial charge < -0.3 is 19.9 Å². The van der Waals surface area contributed by atoms with Crippen LogP contribution in [0.5, 0.6) is 5.75 Å². The lowest BCUT2D eigenvalue weighted by molar-refractivity contribution is -0.0312. The van der Waals surface area contributed by atoms with E-state index >= 15 is 0 Å². The molecule has 204 valence electrons. The van der Waals surface area contributed by atoms with E-state index in [1.165, 1.54) is 23.5 Å². The molecule has 2 aromatic carbocycles. The minimum atomic E-state index is -3.58. The van der Waals surface area contributed by atoms with Gasteiger partial charge in [-0.25, -0.2) is 21.6 Å². The zero-order valence-electron chi connectivity index (χ0n) is 21.1. The van der Waals surface area contributed by atoms with Gasteiger partial charge in [-0.05, 0) is 63.1 Å². The van der Waals surface area contributed by atoms with Gasteiger partial charge in [0.1, 0.15) is 18.5 Å². The number of hydrogen-bond acceptors (Lipinski definition) is 8. The first-order valence-corrected chi connectivity index (χ1v) is 15.2. The number of nitrogens with one attached hydrogen (secondary N) is 2. The van der Waals surface area contributed by atoms with Crippen LogP contribution >= 0.6 is 0 Å². The van der Waals surface area contributed by atoms with Crippen LogP contribution in [0.1, 0.15) is 24.8 Å². The van der Waals surface area contributed by atoms with Gasteiger partial charge >= 0.3 is 0 Å². The van der Waals surface area contributed by atoms with E-state index in [0.29, 0.717) is 43.2 Å². The summed E-state index contributed by atoms with van der Waals surface area (Å²) in [5.74, 6) is 0.353. The molecule has 0 amide bonds. The third kappa shape index (κ3) is 6.69. The number of nitrogens with zero attached hydrogens (tertiary/aromatic N) is 1. The van der Waals surface area contributed by atoms with Crippen molar-refractivity contribution in [2.24, 2.45) is 0 Å². The fourth-order valence-corrected chi connectivity index (χ4v) is 7.10. The summed E-state index contributed by atoms with van der Waals surface area (Å²) in [4.78, 5) is 0.410. The SMILES string of the molecule is CNS(=O)(=O)c1cccc(OC[C@@H](O)CNC2COC3(CCN(S(=O)(=O)c4cccc(C)c4)CC3)C2)c1. The van der Waals surface area contributed by atoms with Crippen LogP contribution in [0.4, 0.5) is 0 Å². The first kappa shape index (κ1) is 28.0. The zero-order valence-corrected chi connectivity index (χ0v) is 22.7. The minimum Gasteiger partial charge on any atom is -0.491 e. The molecule has 1 spiro atoms. The maximum atomic E-state index is 13.0. The fraction of sp³-hybridized carbons (Fsp3) is 0.520. The van der Waals surface area contributed by atoms with E-state index in [4.69, 9.17) is 9.47 Å². The largest absolute Gasteiger partial charge is 0.491 e. The topological polar surface area (TPSA) is 134 Å². The van der Waals surface area contributed by atoms with Gasteiger partial charge in [0, 0.05) is 31.7 Å². The Kier molecular flexibility index (Phi) is 8.58. The number of sulfonamides is 2. The molecule has 10 nitrogen and oxygen atoms in total. The lowest BCUT2D eigenvalue weighted by Gasteiger charge is -2.38. The van der Waals surface area contributed by atoms with Crippen LogP contribution in [0.15, 0.2) is 58.3 Å². The number of aliphatic hydroxyl groups excluding tert-OH is 1. The second-order valence-corrected chi connectivity index (χ2v) is 13.5. The summed E-state index contributed by atoms with van der Waals surface area (Å²) in [5, 5.41) is 13.7. The molecule has 1 unspecified atom stereocenters. The molecule has 0 saturated carbocycles. The summed E-state index contributed by atoms with van der Waals surface area (Å²) >= 11 is 0. The Balaban J connectivity index is 1.23. The highest BCUT2D eigenvalue weighted by Gasteiger charge is 2.44. The average molecular weight is 554 g/mol. The fourth-order valence-electron chi connectivity index (χ4n) is 4.79. The Labute approximate surface area is 219 Å². The molecule has 2 aromatic rings. The van der Waals surface area contributed by atoms with Gasteiger partial charge in [0.05, 0.1) is 22.0 Å². The molecule has 12 heteroatoms. The monoisotopic (exact) mass is 553 g/mol. The van der Waals surface area contributed by atoms with Crippen LogP contribution in [-0.4, -0.2) is 83.9 Å². The van der Waals surface area contributed by atoms with Crippen molar-refractivity contribution >= 4 is 20.0 Å². The molecule has 2 aliphatic heterocycles. The second kappa shape index (κ2) is 11.4. The van der Waals surface area contributed by atoms with E-state index in [-0.39, 0.29) is 29.7 Å². The van der Waals surface area contributed by atoms with Crippen molar-refractivity contribution in [1.29, 1.82) is 0 Å². The summed E-state index contributed by atoms with van der Waals surface area (Å²) < 4.78 is 65.5. The van der Waals surface area contributed by atoms with E-state index < -0.39 is 26.2 Å². The van der Waals surface area contributed by atoms with Crippen molar-refractivity contribution in [2.75, 3.05) is 39.9 Å². The number of benzene rings is 2. The van der Waals surface area contributed by atoms with Gasteiger partial charge in [0.25, 0.3) is 0 Å². The standard InChI is InChI=1S/C25H35N3O7S2/c1-19-5-3-8-24(13-19)37(32,33)28-11-9-25(10-12-28)15-20(17-35-25)27-16-21(29)18-34-22-6-4-7-23(14-22)36(30,31)26-2/h3-8,13-14,20-21,26-27,29H,9-12,15-18H2,1-2H3/t20?,21-/m0/s1. The third-order valence-corrected chi connectivity index (χ3v) is 10.2. The molecule has 4 rings (SSSR count). The Morgan fingerprint density at radius 1 is 1.11 bits per heavy atom. The second-order valence-electron chi connectivity index (χ2n) is 9.67. The van der Waals surface area contributed by atoms with Gasteiger partial charge in [0.15, 0.2) is 0 Å². The van der Waals surface area contributed by atoms with Crippen molar-refractivity contribution in [3.8, 4) is 5.75 Å². The van der Waals surface area contributed by atoms with E-state index in [1.807, 2.05) is 13.0 Å². The van der Waals surface area contributed by atoms with Crippen LogP contribution in [0.3, 0.4) is 0 Å². The van der Waals surface area contributed by atoms with Crippen molar-refractivity contribution in [1.82, 2.24) is 14.3 Å². The number of aliphatic hydroxyl groups is 1. The molecule has 2 aliphatic rings. The molecule has 3 N–H and O–H groups in total. The molecule has 0 aromatic heterocycles. The van der Waals surface area contributed by atoms with E-state index in [1.54, 1.807) is 30.3 Å². The van der Waals surface area contributed by atoms with Crippen molar-refractivity contribution in [2.45, 2.75) is 53.7 Å². The molecular formula is C25H35N3O7S2. The van der Waals surface area contributed by atoms with E-state index in [0.717, 1.165) is 12.0 Å². The lowest BCUT2D eigenvalue weighted by Crippen LogP contribution is -2.47. The third-order valence-electron chi connectivity index (χ3n) is 6.94. The van der Waals surface area contributed by atoms with Gasteiger partial charge in [-0.3, -0.25) is 0 Å². The summed E-state index contributed by atoms with van der Waals surface area (Å²) in [6.07, 6.45) is 1.17. The molecule has 0 aliphatic carbocycles. The molecule has 0 bridgehead atoms. The van der Waals surface area contributed by atoms with Crippen LogP contribution in [0.25, 0.3) is 0 Å². The maximum Gasteiger partial charge on any atom is 0.243 e. The van der Waals surface area contributed by atoms with Crippen LogP contribution in [0.2, 0.25) is 0 Å². The summed E-state index contributed by atoms with van der Waals surface area (Å²) in [6.45, 7) is 3.46. The Bertz CT molecular complexity index is 1290. The van der Waals surface area contributed by atoms with Crippen LogP contribution in [0, 0.1) is 6.92 Å². The summed E-state index contributed by atoms with van der Waals surface area (Å²) in [7, 11) is -5.77. The quantitative estimate of drug-likeness (QED) is 0.400. The van der Waals surface area contributed by atoms with Gasteiger partial charge in [-0.2, -0.15) is 4.31 Å². The maximum absolute atomic E-state index is 13.0. The highest BCUT2D eigenvalue weighted by Crippen LogP contribution is 2.37. The summed E-state index contributed by atoms with van der Waals surface area (Å²) in [5.41, 5.74) is 0.544. The van der Waals surface area contributed by atoms with Crippen molar-refractivity contribution in [3.63, 3.8) is 0 Å². The Morgan fingerprint density at radius 3 is 2.51 bits per heavy atom. The smallest absolute Gasteiger partial charge is 0.243 e. The highest BCUT2D eigenvalue weighted by molar-refractivity contribution is 7.89. The molecule has 2 atom stereocenters. The first-order chi connectivity index (χ1) is 17.5. The Hall–Kier alpha value is -2.06. The molecular weight excluding hydrogens is 518 g/mol. The first-order valence-electron chi connectivity index (χ1n) is 12.3. The van der Waals surface area contributed by atoms with E-state index in [9.17, 15) is 21.9 Å². The van der Waals surface area contributed by atoms with Gasteiger partial charge in [-0.15, -0.1) is 0 Å². The molecule has 2 saturated heterocycles. The lowest BCUT2D eigenvalue weighted by atomic mass is 9.88. The predicted octanol–water partition coefficient (Wildman–Crippen LogP) is 1.24. The zero-order chi connectivity index (χ0) is 26.7. The number of aryl methyl sites for hydroxylation is 1. The molecule has 37 heavy (non-hydrogen) atoms. The minimum absolute atomic E-state index is 0.000550. The normalized spacial score (nSPS) is 21.2. The number of hydrogen-bond donors (Lipinski definition) is 3.